The molecular formula is C25H27ClN2O5S. The Labute approximate surface area is 205 Å². The van der Waals surface area contributed by atoms with Gasteiger partial charge in [0.1, 0.15) is 24.7 Å². The quantitative estimate of drug-likeness (QED) is 0.416. The number of amides is 1. The molecule has 3 aromatic carbocycles. The number of rotatable bonds is 10. The Kier molecular flexibility index (Phi) is 8.41. The van der Waals surface area contributed by atoms with Crippen molar-refractivity contribution in [3.8, 4) is 11.5 Å². The van der Waals surface area contributed by atoms with Crippen molar-refractivity contribution >= 4 is 33.2 Å². The van der Waals surface area contributed by atoms with Gasteiger partial charge in [0, 0.05) is 11.1 Å². The summed E-state index contributed by atoms with van der Waals surface area (Å²) in [6.07, 6.45) is 0. The Morgan fingerprint density at radius 3 is 2.38 bits per heavy atom. The van der Waals surface area contributed by atoms with Crippen molar-refractivity contribution in [1.82, 2.24) is 5.32 Å². The molecule has 34 heavy (non-hydrogen) atoms. The number of carbonyl (C=O) groups excluding carboxylic acids is 1. The number of anilines is 1. The van der Waals surface area contributed by atoms with Gasteiger partial charge in [-0.2, -0.15) is 0 Å². The molecule has 7 nitrogen and oxygen atoms in total. The van der Waals surface area contributed by atoms with Crippen LogP contribution < -0.4 is 19.1 Å². The van der Waals surface area contributed by atoms with Crippen LogP contribution in [0.5, 0.6) is 11.5 Å². The second-order valence-electron chi connectivity index (χ2n) is 7.63. The van der Waals surface area contributed by atoms with Crippen LogP contribution in [0.3, 0.4) is 0 Å². The number of hydrogen-bond acceptors (Lipinski definition) is 5. The zero-order chi connectivity index (χ0) is 24.7. The number of nitrogens with one attached hydrogen (secondary N) is 1. The van der Waals surface area contributed by atoms with Crippen LogP contribution in [0.25, 0.3) is 0 Å². The summed E-state index contributed by atoms with van der Waals surface area (Å²) in [5, 5.41) is 3.20. The first-order chi connectivity index (χ1) is 16.2. The fourth-order valence-corrected chi connectivity index (χ4v) is 4.98. The number of ether oxygens (including phenoxy) is 2. The van der Waals surface area contributed by atoms with E-state index in [1.165, 1.54) is 12.1 Å². The molecule has 3 rings (SSSR count). The van der Waals surface area contributed by atoms with Crippen LogP contribution in [0.15, 0.2) is 71.6 Å². The minimum absolute atomic E-state index is 0.0987. The summed E-state index contributed by atoms with van der Waals surface area (Å²) in [5.41, 5.74) is 1.95. The van der Waals surface area contributed by atoms with Crippen molar-refractivity contribution in [3.63, 3.8) is 0 Å². The molecule has 180 valence electrons. The molecule has 0 saturated carbocycles. The van der Waals surface area contributed by atoms with E-state index in [0.717, 1.165) is 9.87 Å². The highest BCUT2D eigenvalue weighted by atomic mass is 35.5. The van der Waals surface area contributed by atoms with E-state index in [2.05, 4.69) is 5.32 Å². The average molecular weight is 503 g/mol. The van der Waals surface area contributed by atoms with Crippen molar-refractivity contribution < 1.29 is 22.7 Å². The van der Waals surface area contributed by atoms with Gasteiger partial charge in [0.05, 0.1) is 24.2 Å². The lowest BCUT2D eigenvalue weighted by atomic mass is 10.2. The van der Waals surface area contributed by atoms with Crippen LogP contribution in [0.4, 0.5) is 5.69 Å². The van der Waals surface area contributed by atoms with E-state index in [9.17, 15) is 13.2 Å². The molecule has 0 radical (unpaired) electrons. The molecule has 0 fully saturated rings. The van der Waals surface area contributed by atoms with Crippen molar-refractivity contribution in [3.05, 3.63) is 82.9 Å². The highest BCUT2D eigenvalue weighted by molar-refractivity contribution is 7.92. The number of carbonyl (C=O) groups is 1. The highest BCUT2D eigenvalue weighted by Gasteiger charge is 2.28. The first kappa shape index (κ1) is 25.4. The molecule has 1 amide bonds. The zero-order valence-corrected chi connectivity index (χ0v) is 20.8. The maximum Gasteiger partial charge on any atom is 0.264 e. The SMILES string of the molecule is COc1cccc(OCCNC(=O)CN(c2ccc(Cl)cc2C)S(=O)(=O)c2ccc(C)cc2)c1. The van der Waals surface area contributed by atoms with Gasteiger partial charge in [0.2, 0.25) is 5.91 Å². The minimum atomic E-state index is -4.00. The summed E-state index contributed by atoms with van der Waals surface area (Å²) in [6.45, 7) is 3.65. The average Bonchev–Trinajstić information content (AvgIpc) is 2.81. The van der Waals surface area contributed by atoms with Crippen molar-refractivity contribution in [1.29, 1.82) is 0 Å². The molecule has 1 N–H and O–H groups in total. The predicted octanol–water partition coefficient (Wildman–Crippen LogP) is 4.36. The largest absolute Gasteiger partial charge is 0.497 e. The Bertz CT molecular complexity index is 1250. The van der Waals surface area contributed by atoms with Gasteiger partial charge in [-0.15, -0.1) is 0 Å². The Hall–Kier alpha value is -3.23. The topological polar surface area (TPSA) is 84.9 Å². The van der Waals surface area contributed by atoms with Gasteiger partial charge >= 0.3 is 0 Å². The summed E-state index contributed by atoms with van der Waals surface area (Å²) in [6, 6.07) is 18.5. The maximum atomic E-state index is 13.5. The van der Waals surface area contributed by atoms with E-state index in [-0.39, 0.29) is 18.0 Å². The molecule has 0 aliphatic carbocycles. The number of halogens is 1. The van der Waals surface area contributed by atoms with Crippen LogP contribution in [0.2, 0.25) is 5.02 Å². The van der Waals surface area contributed by atoms with E-state index in [1.54, 1.807) is 68.6 Å². The van der Waals surface area contributed by atoms with Crippen molar-refractivity contribution in [2.75, 3.05) is 31.1 Å². The lowest BCUT2D eigenvalue weighted by molar-refractivity contribution is -0.119. The van der Waals surface area contributed by atoms with Gasteiger partial charge < -0.3 is 14.8 Å². The lowest BCUT2D eigenvalue weighted by Crippen LogP contribution is -2.42. The fraction of sp³-hybridized carbons (Fsp3) is 0.240. The molecule has 0 spiro atoms. The molecular weight excluding hydrogens is 476 g/mol. The van der Waals surface area contributed by atoms with Gasteiger partial charge in [-0.05, 0) is 61.9 Å². The van der Waals surface area contributed by atoms with Gasteiger partial charge in [-0.25, -0.2) is 8.42 Å². The lowest BCUT2D eigenvalue weighted by Gasteiger charge is -2.26. The third kappa shape index (κ3) is 6.42. The molecule has 0 heterocycles. The maximum absolute atomic E-state index is 13.5. The third-order valence-corrected chi connectivity index (χ3v) is 7.07. The van der Waals surface area contributed by atoms with Gasteiger partial charge in [-0.1, -0.05) is 35.4 Å². The van der Waals surface area contributed by atoms with Crippen LogP contribution in [0.1, 0.15) is 11.1 Å². The Balaban J connectivity index is 1.73. The van der Waals surface area contributed by atoms with Crippen LogP contribution in [-0.2, 0) is 14.8 Å². The van der Waals surface area contributed by atoms with E-state index < -0.39 is 22.5 Å². The van der Waals surface area contributed by atoms with E-state index in [1.807, 2.05) is 6.92 Å². The molecule has 0 aromatic heterocycles. The zero-order valence-electron chi connectivity index (χ0n) is 19.2. The monoisotopic (exact) mass is 502 g/mol. The molecule has 0 bridgehead atoms. The normalized spacial score (nSPS) is 11.1. The summed E-state index contributed by atoms with van der Waals surface area (Å²) in [4.78, 5) is 12.8. The first-order valence-corrected chi connectivity index (χ1v) is 12.4. The number of nitrogens with zero attached hydrogens (tertiary/aromatic N) is 1. The number of hydrogen-bond donors (Lipinski definition) is 1. The van der Waals surface area contributed by atoms with E-state index in [4.69, 9.17) is 21.1 Å². The van der Waals surface area contributed by atoms with Crippen LogP contribution in [0, 0.1) is 13.8 Å². The third-order valence-electron chi connectivity index (χ3n) is 5.06. The van der Waals surface area contributed by atoms with Gasteiger partial charge in [0.25, 0.3) is 10.0 Å². The molecule has 0 saturated heterocycles. The molecule has 0 atom stereocenters. The first-order valence-electron chi connectivity index (χ1n) is 10.6. The molecule has 3 aromatic rings. The number of benzene rings is 3. The summed E-state index contributed by atoms with van der Waals surface area (Å²) >= 11 is 6.06. The summed E-state index contributed by atoms with van der Waals surface area (Å²) < 4.78 is 38.8. The Morgan fingerprint density at radius 2 is 1.71 bits per heavy atom. The highest BCUT2D eigenvalue weighted by Crippen LogP contribution is 2.29. The smallest absolute Gasteiger partial charge is 0.264 e. The van der Waals surface area contributed by atoms with Crippen molar-refractivity contribution in [2.24, 2.45) is 0 Å². The van der Waals surface area contributed by atoms with Gasteiger partial charge in [-0.3, -0.25) is 9.10 Å². The summed E-state index contributed by atoms with van der Waals surface area (Å²) in [5.74, 6) is 0.810. The molecule has 0 aliphatic heterocycles. The predicted molar refractivity (Wildman–Crippen MR) is 133 cm³/mol. The summed E-state index contributed by atoms with van der Waals surface area (Å²) in [7, 11) is -2.43. The van der Waals surface area contributed by atoms with Crippen LogP contribution in [-0.4, -0.2) is 41.1 Å². The second-order valence-corrected chi connectivity index (χ2v) is 9.93. The number of sulfonamides is 1. The van der Waals surface area contributed by atoms with E-state index in [0.29, 0.717) is 27.8 Å². The fourth-order valence-electron chi connectivity index (χ4n) is 3.27. The second kappa shape index (κ2) is 11.3. The molecule has 9 heteroatoms. The minimum Gasteiger partial charge on any atom is -0.497 e. The van der Waals surface area contributed by atoms with E-state index >= 15 is 0 Å². The van der Waals surface area contributed by atoms with Gasteiger partial charge in [0.15, 0.2) is 0 Å². The molecule has 0 aliphatic rings. The standard InChI is InChI=1S/C25H27ClN2O5S/c1-18-7-10-23(11-8-18)34(30,31)28(24-12-9-20(26)15-19(24)2)17-25(29)27-13-14-33-22-6-4-5-21(16-22)32-3/h4-12,15-16H,13-14,17H2,1-3H3,(H,27,29). The number of methoxy groups -OCH3 is 1. The Morgan fingerprint density at radius 1 is 1.00 bits per heavy atom. The number of aryl methyl sites for hydroxylation is 2. The van der Waals surface area contributed by atoms with Crippen LogP contribution >= 0.6 is 11.6 Å². The molecule has 0 unspecified atom stereocenters. The van der Waals surface area contributed by atoms with Crippen molar-refractivity contribution in [2.45, 2.75) is 18.7 Å².